The van der Waals surface area contributed by atoms with Crippen LogP contribution in [0.25, 0.3) is 0 Å². The second kappa shape index (κ2) is 4.14. The molecule has 0 spiro atoms. The van der Waals surface area contributed by atoms with Crippen LogP contribution in [0, 0.1) is 20.8 Å². The molecule has 14 heavy (non-hydrogen) atoms. The van der Waals surface area contributed by atoms with E-state index in [9.17, 15) is 4.21 Å². The van der Waals surface area contributed by atoms with Gasteiger partial charge in [-0.1, -0.05) is 0 Å². The highest BCUT2D eigenvalue weighted by molar-refractivity contribution is 7.75. The largest absolute Gasteiger partial charge is 0.361 e. The first-order valence-electron chi connectivity index (χ1n) is 4.26. The lowest BCUT2D eigenvalue weighted by molar-refractivity contribution is 0.373. The standard InChI is InChI=1S/C9H15NO3S/c1-6-7(2)9(10(4)8(6)3)13-14(11)12-5/h1-5H3. The first-order chi connectivity index (χ1) is 6.49. The van der Waals surface area contributed by atoms with Gasteiger partial charge in [-0.25, -0.2) is 0 Å². The van der Waals surface area contributed by atoms with Crippen molar-refractivity contribution < 1.29 is 12.6 Å². The Labute approximate surface area is 86.7 Å². The van der Waals surface area contributed by atoms with Crippen molar-refractivity contribution in [1.82, 2.24) is 4.57 Å². The smallest absolute Gasteiger partial charge is 0.361 e. The molecule has 0 aromatic carbocycles. The van der Waals surface area contributed by atoms with Crippen molar-refractivity contribution in [2.45, 2.75) is 20.8 Å². The summed E-state index contributed by atoms with van der Waals surface area (Å²) in [7, 11) is 3.21. The molecule has 80 valence electrons. The molecule has 1 aromatic rings. The maximum atomic E-state index is 11.1. The fourth-order valence-electron chi connectivity index (χ4n) is 1.30. The van der Waals surface area contributed by atoms with Crippen LogP contribution in [0.2, 0.25) is 0 Å². The number of hydrogen-bond donors (Lipinski definition) is 0. The number of hydrogen-bond acceptors (Lipinski definition) is 3. The maximum absolute atomic E-state index is 11.1. The molecule has 1 rings (SSSR count). The van der Waals surface area contributed by atoms with E-state index >= 15 is 0 Å². The fourth-order valence-corrected chi connectivity index (χ4v) is 1.74. The summed E-state index contributed by atoms with van der Waals surface area (Å²) in [6, 6.07) is 0. The molecule has 0 fully saturated rings. The zero-order chi connectivity index (χ0) is 10.9. The molecule has 0 aliphatic carbocycles. The van der Waals surface area contributed by atoms with Gasteiger partial charge >= 0.3 is 11.4 Å². The molecule has 1 heterocycles. The molecule has 0 bridgehead atoms. The molecule has 0 aliphatic heterocycles. The van der Waals surface area contributed by atoms with E-state index in [1.807, 2.05) is 32.4 Å². The summed E-state index contributed by atoms with van der Waals surface area (Å²) in [5.74, 6) is 0.597. The SMILES string of the molecule is COS(=O)Oc1c(C)c(C)c(C)n1C. The first-order valence-corrected chi connectivity index (χ1v) is 5.26. The lowest BCUT2D eigenvalue weighted by atomic mass is 10.2. The van der Waals surface area contributed by atoms with E-state index in [0.717, 1.165) is 16.8 Å². The van der Waals surface area contributed by atoms with Gasteiger partial charge in [-0.2, -0.15) is 4.21 Å². The molecule has 0 radical (unpaired) electrons. The molecule has 0 saturated heterocycles. The maximum Gasteiger partial charge on any atom is 0.361 e. The predicted octanol–water partition coefficient (Wildman–Crippen LogP) is 1.55. The molecule has 1 aromatic heterocycles. The summed E-state index contributed by atoms with van der Waals surface area (Å²) >= 11 is -1.71. The number of rotatable bonds is 3. The van der Waals surface area contributed by atoms with Gasteiger partial charge in [0.2, 0.25) is 5.88 Å². The van der Waals surface area contributed by atoms with E-state index in [1.54, 1.807) is 0 Å². The Morgan fingerprint density at radius 2 is 1.79 bits per heavy atom. The quantitative estimate of drug-likeness (QED) is 0.771. The molecule has 1 unspecified atom stereocenters. The minimum Gasteiger partial charge on any atom is -0.361 e. The van der Waals surface area contributed by atoms with Crippen LogP contribution in [0.5, 0.6) is 5.88 Å². The summed E-state index contributed by atoms with van der Waals surface area (Å²) in [5.41, 5.74) is 3.25. The molecule has 0 amide bonds. The first kappa shape index (κ1) is 11.3. The zero-order valence-corrected chi connectivity index (χ0v) is 9.90. The van der Waals surface area contributed by atoms with E-state index in [0.29, 0.717) is 5.88 Å². The van der Waals surface area contributed by atoms with Crippen molar-refractivity contribution in [3.05, 3.63) is 16.8 Å². The highest BCUT2D eigenvalue weighted by Gasteiger charge is 2.15. The van der Waals surface area contributed by atoms with Crippen molar-refractivity contribution in [1.29, 1.82) is 0 Å². The minimum absolute atomic E-state index is 0.597. The van der Waals surface area contributed by atoms with E-state index < -0.39 is 11.4 Å². The molecule has 5 heteroatoms. The van der Waals surface area contributed by atoms with Crippen molar-refractivity contribution in [2.75, 3.05) is 7.11 Å². The second-order valence-corrected chi connectivity index (χ2v) is 4.06. The monoisotopic (exact) mass is 217 g/mol. The van der Waals surface area contributed by atoms with Crippen LogP contribution in [-0.2, 0) is 22.6 Å². The van der Waals surface area contributed by atoms with E-state index in [1.165, 1.54) is 7.11 Å². The molecule has 4 nitrogen and oxygen atoms in total. The molecule has 0 saturated carbocycles. The molecule has 0 N–H and O–H groups in total. The highest BCUT2D eigenvalue weighted by atomic mass is 32.2. The topological polar surface area (TPSA) is 40.5 Å². The van der Waals surface area contributed by atoms with Gasteiger partial charge in [-0.15, -0.1) is 0 Å². The lowest BCUT2D eigenvalue weighted by Crippen LogP contribution is -2.06. The van der Waals surface area contributed by atoms with Crippen LogP contribution in [0.15, 0.2) is 0 Å². The van der Waals surface area contributed by atoms with Crippen LogP contribution in [0.1, 0.15) is 16.8 Å². The van der Waals surface area contributed by atoms with Crippen molar-refractivity contribution in [3.63, 3.8) is 0 Å². The average Bonchev–Trinajstić information content (AvgIpc) is 2.35. The third-order valence-electron chi connectivity index (χ3n) is 2.52. The Morgan fingerprint density at radius 3 is 2.14 bits per heavy atom. The number of nitrogens with zero attached hydrogens (tertiary/aromatic N) is 1. The minimum atomic E-state index is -1.71. The summed E-state index contributed by atoms with van der Waals surface area (Å²) in [6.07, 6.45) is 0. The Bertz CT molecular complexity index is 345. The van der Waals surface area contributed by atoms with Gasteiger partial charge in [0.25, 0.3) is 0 Å². The van der Waals surface area contributed by atoms with Crippen LogP contribution in [0.3, 0.4) is 0 Å². The van der Waals surface area contributed by atoms with Gasteiger partial charge in [-0.05, 0) is 26.3 Å². The predicted molar refractivity (Wildman–Crippen MR) is 55.4 cm³/mol. The molecular formula is C9H15NO3S. The van der Waals surface area contributed by atoms with Crippen molar-refractivity contribution in [3.8, 4) is 5.88 Å². The Hall–Kier alpha value is -0.810. The van der Waals surface area contributed by atoms with E-state index in [2.05, 4.69) is 4.18 Å². The third kappa shape index (κ3) is 1.83. The Morgan fingerprint density at radius 1 is 1.21 bits per heavy atom. The van der Waals surface area contributed by atoms with Crippen molar-refractivity contribution in [2.24, 2.45) is 7.05 Å². The fraction of sp³-hybridized carbons (Fsp3) is 0.556. The zero-order valence-electron chi connectivity index (χ0n) is 9.08. The molecular weight excluding hydrogens is 202 g/mol. The normalized spacial score (nSPS) is 12.9. The van der Waals surface area contributed by atoms with Gasteiger partial charge < -0.3 is 8.75 Å². The average molecular weight is 217 g/mol. The van der Waals surface area contributed by atoms with Gasteiger partial charge in [0.05, 0.1) is 7.11 Å². The van der Waals surface area contributed by atoms with Gasteiger partial charge in [0.15, 0.2) is 0 Å². The van der Waals surface area contributed by atoms with E-state index in [-0.39, 0.29) is 0 Å². The molecule has 0 aliphatic rings. The van der Waals surface area contributed by atoms with E-state index in [4.69, 9.17) is 4.18 Å². The van der Waals surface area contributed by atoms with Crippen LogP contribution < -0.4 is 4.18 Å². The Kier molecular flexibility index (Phi) is 3.34. The van der Waals surface area contributed by atoms with Gasteiger partial charge in [0, 0.05) is 18.3 Å². The van der Waals surface area contributed by atoms with Crippen LogP contribution in [0.4, 0.5) is 0 Å². The molecule has 1 atom stereocenters. The summed E-state index contributed by atoms with van der Waals surface area (Å²) in [6.45, 7) is 5.93. The summed E-state index contributed by atoms with van der Waals surface area (Å²) in [4.78, 5) is 0. The van der Waals surface area contributed by atoms with Gasteiger partial charge in [-0.3, -0.25) is 4.18 Å². The van der Waals surface area contributed by atoms with Crippen molar-refractivity contribution >= 4 is 11.4 Å². The van der Waals surface area contributed by atoms with Crippen LogP contribution in [-0.4, -0.2) is 15.9 Å². The third-order valence-corrected chi connectivity index (χ3v) is 3.08. The number of aromatic nitrogens is 1. The second-order valence-electron chi connectivity index (χ2n) is 3.15. The highest BCUT2D eigenvalue weighted by Crippen LogP contribution is 2.27. The lowest BCUT2D eigenvalue weighted by Gasteiger charge is -2.05. The summed E-state index contributed by atoms with van der Waals surface area (Å²) < 4.78 is 22.6. The van der Waals surface area contributed by atoms with Gasteiger partial charge in [0.1, 0.15) is 0 Å². The van der Waals surface area contributed by atoms with Crippen LogP contribution >= 0.6 is 0 Å². The summed E-state index contributed by atoms with van der Waals surface area (Å²) in [5, 5.41) is 0. The Balaban J connectivity index is 3.09.